The Morgan fingerprint density at radius 3 is 1.56 bits per heavy atom. The predicted octanol–water partition coefficient (Wildman–Crippen LogP) is -1.07. The van der Waals surface area contributed by atoms with Gasteiger partial charge in [0.1, 0.15) is 0 Å². The Labute approximate surface area is 85.0 Å². The molecule has 6 N–H and O–H groups in total. The largest absolute Gasteiger partial charge is 0.481 e. The van der Waals surface area contributed by atoms with Gasteiger partial charge in [-0.1, -0.05) is 0 Å². The van der Waals surface area contributed by atoms with E-state index in [9.17, 15) is 0 Å². The van der Waals surface area contributed by atoms with Crippen LogP contribution >= 0.6 is 0 Å². The zero-order valence-electron chi connectivity index (χ0n) is 4.86. The Bertz CT molecular complexity index is 75.1. The molecule has 0 heterocycles. The third-order valence-electron chi connectivity index (χ3n) is 0. The summed E-state index contributed by atoms with van der Waals surface area (Å²) in [6, 6.07) is 0. The summed E-state index contributed by atoms with van der Waals surface area (Å²) in [6.07, 6.45) is 0. The van der Waals surface area contributed by atoms with E-state index in [0.717, 1.165) is 6.92 Å². The number of nitrogens with one attached hydrogen (secondary N) is 1. The third kappa shape index (κ3) is 70900. The maximum Gasteiger partial charge on any atom is 0.300 e. The zero-order chi connectivity index (χ0) is 7.15. The fourth-order valence-electron chi connectivity index (χ4n) is 0. The van der Waals surface area contributed by atoms with Gasteiger partial charge in [0.25, 0.3) is 5.97 Å². The molecule has 5 nitrogen and oxygen atoms in total. The van der Waals surface area contributed by atoms with E-state index in [2.05, 4.69) is 11.5 Å². The number of guanidine groups is 1. The van der Waals surface area contributed by atoms with Crippen molar-refractivity contribution in [3.8, 4) is 0 Å². The van der Waals surface area contributed by atoms with Crippen LogP contribution in [0.15, 0.2) is 0 Å². The molecule has 0 fully saturated rings. The van der Waals surface area contributed by atoms with Gasteiger partial charge < -0.3 is 16.6 Å². The normalized spacial score (nSPS) is 5.44. The average molecular weight is 276 g/mol. The van der Waals surface area contributed by atoms with Crippen LogP contribution in [0.2, 0.25) is 0 Å². The van der Waals surface area contributed by atoms with E-state index in [1.807, 2.05) is 0 Å². The smallest absolute Gasteiger partial charge is 0.300 e. The van der Waals surface area contributed by atoms with Crippen molar-refractivity contribution >= 4 is 11.9 Å². The van der Waals surface area contributed by atoms with Gasteiger partial charge in [0.2, 0.25) is 0 Å². The second kappa shape index (κ2) is 10.9. The van der Waals surface area contributed by atoms with E-state index in [-0.39, 0.29) is 45.9 Å². The molecule has 0 aliphatic carbocycles. The number of carboxylic acid groups (broad SMARTS) is 1. The molecular formula is C3H9GdN3O2. The van der Waals surface area contributed by atoms with Gasteiger partial charge in [-0.2, -0.15) is 0 Å². The van der Waals surface area contributed by atoms with Gasteiger partial charge >= 0.3 is 0 Å². The maximum absolute atomic E-state index is 9.00. The van der Waals surface area contributed by atoms with Crippen LogP contribution in [0.25, 0.3) is 0 Å². The summed E-state index contributed by atoms with van der Waals surface area (Å²) in [5.74, 6) is -1.17. The minimum absolute atomic E-state index is 0. The second-order valence-electron chi connectivity index (χ2n) is 0.974. The molecule has 0 bridgehead atoms. The summed E-state index contributed by atoms with van der Waals surface area (Å²) >= 11 is 0. The third-order valence-corrected chi connectivity index (χ3v) is 0. The number of carbonyl (C=O) groups is 1. The Kier molecular flexibility index (Phi) is 19.5. The minimum atomic E-state index is -0.833. The molecule has 0 radical (unpaired) electrons. The number of nitrogens with two attached hydrogens (primary N) is 2. The molecule has 0 spiro atoms. The van der Waals surface area contributed by atoms with E-state index in [1.54, 1.807) is 0 Å². The SMILES string of the molecule is CC(=O)O.N=C(N)N.[Gd]. The van der Waals surface area contributed by atoms with E-state index < -0.39 is 5.97 Å². The van der Waals surface area contributed by atoms with Crippen LogP contribution in [-0.4, -0.2) is 17.0 Å². The standard InChI is InChI=1S/C2H4O2.CH5N3.Gd/c1-2(3)4;2-1(3)4;/h1H3,(H,3,4);(H5,2,3,4);. The van der Waals surface area contributed by atoms with Gasteiger partial charge in [0.05, 0.1) is 0 Å². The van der Waals surface area contributed by atoms with Crippen LogP contribution < -0.4 is 11.5 Å². The summed E-state index contributed by atoms with van der Waals surface area (Å²) in [4.78, 5) is 9.00. The number of carboxylic acids is 1. The van der Waals surface area contributed by atoms with Crippen molar-refractivity contribution in [2.45, 2.75) is 6.92 Å². The molecule has 0 aromatic heterocycles. The second-order valence-corrected chi connectivity index (χ2v) is 0.974. The van der Waals surface area contributed by atoms with Crippen LogP contribution in [0.5, 0.6) is 0 Å². The van der Waals surface area contributed by atoms with Crippen LogP contribution in [0.3, 0.4) is 0 Å². The molecular weight excluding hydrogens is 267 g/mol. The van der Waals surface area contributed by atoms with E-state index >= 15 is 0 Å². The molecule has 56 valence electrons. The van der Waals surface area contributed by atoms with Crippen molar-refractivity contribution in [3.05, 3.63) is 0 Å². The van der Waals surface area contributed by atoms with Crippen molar-refractivity contribution in [2.24, 2.45) is 11.5 Å². The number of hydrogen-bond acceptors (Lipinski definition) is 2. The quantitative estimate of drug-likeness (QED) is 0.333. The summed E-state index contributed by atoms with van der Waals surface area (Å²) in [5, 5.41) is 13.5. The van der Waals surface area contributed by atoms with Crippen molar-refractivity contribution in [1.29, 1.82) is 5.41 Å². The van der Waals surface area contributed by atoms with Crippen molar-refractivity contribution in [1.82, 2.24) is 0 Å². The first kappa shape index (κ1) is 16.0. The molecule has 0 aliphatic heterocycles. The molecule has 0 atom stereocenters. The van der Waals surface area contributed by atoms with Crippen molar-refractivity contribution in [3.63, 3.8) is 0 Å². The molecule has 0 aromatic rings. The van der Waals surface area contributed by atoms with Gasteiger partial charge in [-0.25, -0.2) is 0 Å². The summed E-state index contributed by atoms with van der Waals surface area (Å²) in [7, 11) is 0. The Morgan fingerprint density at radius 2 is 1.56 bits per heavy atom. The Balaban J connectivity index is -0.0000000720. The zero-order valence-corrected chi connectivity index (χ0v) is 7.13. The van der Waals surface area contributed by atoms with E-state index in [4.69, 9.17) is 15.3 Å². The topological polar surface area (TPSA) is 113 Å². The van der Waals surface area contributed by atoms with Gasteiger partial charge in [-0.05, 0) is 0 Å². The predicted molar refractivity (Wildman–Crippen MR) is 29.4 cm³/mol. The molecule has 0 rings (SSSR count). The van der Waals surface area contributed by atoms with E-state index in [1.165, 1.54) is 0 Å². The van der Waals surface area contributed by atoms with Gasteiger partial charge in [-0.15, -0.1) is 0 Å². The fourth-order valence-corrected chi connectivity index (χ4v) is 0. The number of hydrogen-bond donors (Lipinski definition) is 4. The number of aliphatic carboxylic acids is 1. The monoisotopic (exact) mass is 277 g/mol. The fraction of sp³-hybridized carbons (Fsp3) is 0.333. The molecule has 0 amide bonds. The minimum Gasteiger partial charge on any atom is -0.481 e. The number of rotatable bonds is 0. The van der Waals surface area contributed by atoms with E-state index in [0.29, 0.717) is 0 Å². The average Bonchev–Trinajstić information content (AvgIpc) is 1.25. The summed E-state index contributed by atoms with van der Waals surface area (Å²) in [5.41, 5.74) is 8.94. The Morgan fingerprint density at radius 1 is 1.56 bits per heavy atom. The van der Waals surface area contributed by atoms with Crippen LogP contribution in [0.4, 0.5) is 0 Å². The molecule has 0 aliphatic rings. The Hall–Kier alpha value is 0.0647. The van der Waals surface area contributed by atoms with Crippen LogP contribution in [0, 0.1) is 45.3 Å². The summed E-state index contributed by atoms with van der Waals surface area (Å²) in [6.45, 7) is 1.08. The van der Waals surface area contributed by atoms with Crippen LogP contribution in [0.1, 0.15) is 6.92 Å². The molecule has 0 saturated carbocycles. The first-order valence-electron chi connectivity index (χ1n) is 1.76. The van der Waals surface area contributed by atoms with Crippen molar-refractivity contribution < 1.29 is 49.8 Å². The first-order chi connectivity index (χ1) is 3.46. The summed E-state index contributed by atoms with van der Waals surface area (Å²) < 4.78 is 0. The van der Waals surface area contributed by atoms with Gasteiger partial charge in [-0.3, -0.25) is 10.2 Å². The van der Waals surface area contributed by atoms with Crippen LogP contribution in [-0.2, 0) is 4.79 Å². The molecule has 6 heteroatoms. The maximum atomic E-state index is 9.00. The van der Waals surface area contributed by atoms with Crippen molar-refractivity contribution in [2.75, 3.05) is 0 Å². The molecule has 0 unspecified atom stereocenters. The molecule has 0 saturated heterocycles. The molecule has 0 aromatic carbocycles. The first-order valence-corrected chi connectivity index (χ1v) is 1.76. The van der Waals surface area contributed by atoms with Gasteiger partial charge in [0.15, 0.2) is 5.96 Å². The molecule has 9 heavy (non-hydrogen) atoms. The van der Waals surface area contributed by atoms with Gasteiger partial charge in [0, 0.05) is 46.9 Å².